The van der Waals surface area contributed by atoms with E-state index in [0.717, 1.165) is 39.7 Å². The Morgan fingerprint density at radius 2 is 2.04 bits per heavy atom. The van der Waals surface area contributed by atoms with E-state index >= 15 is 0 Å². The fourth-order valence-corrected chi connectivity index (χ4v) is 3.82. The highest BCUT2D eigenvalue weighted by Crippen LogP contribution is 2.41. The van der Waals surface area contributed by atoms with Crippen LogP contribution >= 0.6 is 0 Å². The molecule has 1 aliphatic heterocycles. The molecule has 0 unspecified atom stereocenters. The van der Waals surface area contributed by atoms with Gasteiger partial charge in [0, 0.05) is 29.7 Å². The van der Waals surface area contributed by atoms with Crippen LogP contribution in [0.15, 0.2) is 36.5 Å². The second-order valence-electron chi connectivity index (χ2n) is 6.42. The summed E-state index contributed by atoms with van der Waals surface area (Å²) in [4.78, 5) is 17.1. The van der Waals surface area contributed by atoms with Gasteiger partial charge in [0.1, 0.15) is 17.1 Å². The molecule has 3 heterocycles. The van der Waals surface area contributed by atoms with E-state index < -0.39 is 0 Å². The molecule has 6 heteroatoms. The molecular weight excluding hydrogens is 330 g/mol. The number of methoxy groups -OCH3 is 2. The lowest BCUT2D eigenvalue weighted by atomic mass is 9.89. The van der Waals surface area contributed by atoms with Gasteiger partial charge in [-0.15, -0.1) is 0 Å². The summed E-state index contributed by atoms with van der Waals surface area (Å²) in [6.07, 6.45) is 2.34. The summed E-state index contributed by atoms with van der Waals surface area (Å²) in [6, 6.07) is 9.83. The van der Waals surface area contributed by atoms with Crippen molar-refractivity contribution in [2.45, 2.75) is 25.8 Å². The Morgan fingerprint density at radius 1 is 1.19 bits per heavy atom. The molecule has 1 aliphatic rings. The van der Waals surface area contributed by atoms with Crippen molar-refractivity contribution in [1.29, 1.82) is 0 Å². The first-order valence-corrected chi connectivity index (χ1v) is 8.58. The van der Waals surface area contributed by atoms with Gasteiger partial charge in [-0.1, -0.05) is 12.1 Å². The Labute approximate surface area is 151 Å². The molecule has 0 aliphatic carbocycles. The van der Waals surface area contributed by atoms with Gasteiger partial charge in [-0.05, 0) is 25.1 Å². The first-order chi connectivity index (χ1) is 12.6. The molecule has 1 atom stereocenters. The molecule has 0 saturated carbocycles. The molecule has 134 valence electrons. The third-order valence-corrected chi connectivity index (χ3v) is 5.00. The van der Waals surface area contributed by atoms with Crippen molar-refractivity contribution in [2.24, 2.45) is 0 Å². The number of hydrogen-bond donors (Lipinski definition) is 1. The van der Waals surface area contributed by atoms with Gasteiger partial charge < -0.3 is 19.2 Å². The highest BCUT2D eigenvalue weighted by molar-refractivity contribution is 5.79. The standard InChI is InChI=1S/C20H21N3O3/c1-12-16(25-2)8-7-13(20(12)26-3)14-10-18(24)21-11-15-19(14)23-9-5-4-6-17(23)22-15/h4-9,14H,10-11H2,1-3H3,(H,21,24)/t14-/m1/s1. The molecule has 1 amide bonds. The molecule has 26 heavy (non-hydrogen) atoms. The van der Waals surface area contributed by atoms with Crippen LogP contribution < -0.4 is 14.8 Å². The Hall–Kier alpha value is -3.02. The monoisotopic (exact) mass is 351 g/mol. The lowest BCUT2D eigenvalue weighted by Crippen LogP contribution is -2.21. The predicted octanol–water partition coefficient (Wildman–Crippen LogP) is 2.81. The van der Waals surface area contributed by atoms with Gasteiger partial charge in [-0.25, -0.2) is 4.98 Å². The van der Waals surface area contributed by atoms with Gasteiger partial charge >= 0.3 is 0 Å². The SMILES string of the molecule is COc1ccc([C@H]2CC(=O)NCc3nc4ccccn4c32)c(OC)c1C. The second kappa shape index (κ2) is 6.37. The normalized spacial score (nSPS) is 16.7. The summed E-state index contributed by atoms with van der Waals surface area (Å²) < 4.78 is 13.2. The third kappa shape index (κ3) is 2.49. The summed E-state index contributed by atoms with van der Waals surface area (Å²) in [7, 11) is 3.29. The smallest absolute Gasteiger partial charge is 0.221 e. The zero-order valence-electron chi connectivity index (χ0n) is 15.1. The lowest BCUT2D eigenvalue weighted by Gasteiger charge is -2.21. The number of ether oxygens (including phenoxy) is 2. The van der Waals surface area contributed by atoms with E-state index in [-0.39, 0.29) is 11.8 Å². The Kier molecular flexibility index (Phi) is 4.03. The average molecular weight is 351 g/mol. The number of fused-ring (bicyclic) bond motifs is 3. The largest absolute Gasteiger partial charge is 0.496 e. The molecule has 0 radical (unpaired) electrons. The van der Waals surface area contributed by atoms with Crippen LogP contribution in [0.1, 0.15) is 34.9 Å². The van der Waals surface area contributed by atoms with Crippen LogP contribution in [-0.2, 0) is 11.3 Å². The van der Waals surface area contributed by atoms with Crippen molar-refractivity contribution in [1.82, 2.24) is 14.7 Å². The molecule has 0 saturated heterocycles. The van der Waals surface area contributed by atoms with Crippen LogP contribution in [0, 0.1) is 6.92 Å². The number of imidazole rings is 1. The number of benzene rings is 1. The average Bonchev–Trinajstić information content (AvgIpc) is 2.94. The highest BCUT2D eigenvalue weighted by Gasteiger charge is 2.31. The molecular formula is C20H21N3O3. The van der Waals surface area contributed by atoms with E-state index in [1.54, 1.807) is 14.2 Å². The summed E-state index contributed by atoms with van der Waals surface area (Å²) in [6.45, 7) is 2.40. The van der Waals surface area contributed by atoms with E-state index in [2.05, 4.69) is 9.72 Å². The van der Waals surface area contributed by atoms with Gasteiger partial charge in [0.05, 0.1) is 32.2 Å². The summed E-state index contributed by atoms with van der Waals surface area (Å²) in [5.41, 5.74) is 4.69. The molecule has 3 aromatic rings. The topological polar surface area (TPSA) is 64.9 Å². The van der Waals surface area contributed by atoms with Gasteiger partial charge in [0.15, 0.2) is 0 Å². The van der Waals surface area contributed by atoms with Gasteiger partial charge in [0.2, 0.25) is 5.91 Å². The molecule has 0 fully saturated rings. The number of aromatic nitrogens is 2. The van der Waals surface area contributed by atoms with Crippen LogP contribution in [0.4, 0.5) is 0 Å². The molecule has 1 aromatic carbocycles. The van der Waals surface area contributed by atoms with Crippen molar-refractivity contribution in [3.8, 4) is 11.5 Å². The number of rotatable bonds is 3. The minimum Gasteiger partial charge on any atom is -0.496 e. The first-order valence-electron chi connectivity index (χ1n) is 8.58. The maximum Gasteiger partial charge on any atom is 0.221 e. The van der Waals surface area contributed by atoms with Crippen LogP contribution in [0.2, 0.25) is 0 Å². The summed E-state index contributed by atoms with van der Waals surface area (Å²) >= 11 is 0. The summed E-state index contributed by atoms with van der Waals surface area (Å²) in [5.74, 6) is 1.38. The fourth-order valence-electron chi connectivity index (χ4n) is 3.82. The quantitative estimate of drug-likeness (QED) is 0.788. The van der Waals surface area contributed by atoms with Gasteiger partial charge in [-0.3, -0.25) is 4.79 Å². The van der Waals surface area contributed by atoms with E-state index in [9.17, 15) is 4.79 Å². The maximum atomic E-state index is 12.4. The number of pyridine rings is 1. The number of nitrogens with zero attached hydrogens (tertiary/aromatic N) is 2. The van der Waals surface area contributed by atoms with E-state index in [1.807, 2.05) is 43.5 Å². The number of nitrogens with one attached hydrogen (secondary N) is 1. The molecule has 2 aromatic heterocycles. The molecule has 0 spiro atoms. The van der Waals surface area contributed by atoms with Crippen molar-refractivity contribution >= 4 is 11.6 Å². The molecule has 4 rings (SSSR count). The molecule has 1 N–H and O–H groups in total. The Balaban J connectivity index is 1.97. The van der Waals surface area contributed by atoms with Gasteiger partial charge in [0.25, 0.3) is 0 Å². The fraction of sp³-hybridized carbons (Fsp3) is 0.300. The molecule has 6 nitrogen and oxygen atoms in total. The maximum absolute atomic E-state index is 12.4. The zero-order chi connectivity index (χ0) is 18.3. The summed E-state index contributed by atoms with van der Waals surface area (Å²) in [5, 5.41) is 2.96. The number of amides is 1. The number of carbonyl (C=O) groups is 1. The van der Waals surface area contributed by atoms with Crippen LogP contribution in [0.3, 0.4) is 0 Å². The van der Waals surface area contributed by atoms with Crippen molar-refractivity contribution < 1.29 is 14.3 Å². The van der Waals surface area contributed by atoms with Crippen LogP contribution in [-0.4, -0.2) is 29.5 Å². The number of hydrogen-bond acceptors (Lipinski definition) is 4. The molecule has 0 bridgehead atoms. The van der Waals surface area contributed by atoms with E-state index in [0.29, 0.717) is 13.0 Å². The predicted molar refractivity (Wildman–Crippen MR) is 97.8 cm³/mol. The van der Waals surface area contributed by atoms with E-state index in [1.165, 1.54) is 0 Å². The van der Waals surface area contributed by atoms with Crippen LogP contribution in [0.25, 0.3) is 5.65 Å². The lowest BCUT2D eigenvalue weighted by molar-refractivity contribution is -0.121. The minimum absolute atomic E-state index is 0.00760. The van der Waals surface area contributed by atoms with Crippen molar-refractivity contribution in [2.75, 3.05) is 14.2 Å². The minimum atomic E-state index is -0.149. The van der Waals surface area contributed by atoms with Crippen molar-refractivity contribution in [3.63, 3.8) is 0 Å². The Bertz CT molecular complexity index is 993. The zero-order valence-corrected chi connectivity index (χ0v) is 15.1. The number of carbonyl (C=O) groups excluding carboxylic acids is 1. The van der Waals surface area contributed by atoms with Crippen LogP contribution in [0.5, 0.6) is 11.5 Å². The third-order valence-electron chi connectivity index (χ3n) is 5.00. The Morgan fingerprint density at radius 3 is 2.81 bits per heavy atom. The first kappa shape index (κ1) is 16.4. The van der Waals surface area contributed by atoms with Gasteiger partial charge in [-0.2, -0.15) is 0 Å². The van der Waals surface area contributed by atoms with Crippen molar-refractivity contribution in [3.05, 3.63) is 59.0 Å². The highest BCUT2D eigenvalue weighted by atomic mass is 16.5. The second-order valence-corrected chi connectivity index (χ2v) is 6.42. The van der Waals surface area contributed by atoms with E-state index in [4.69, 9.17) is 14.5 Å².